The minimum absolute atomic E-state index is 0.154. The van der Waals surface area contributed by atoms with Crippen LogP contribution in [0.3, 0.4) is 0 Å². The average molecular weight is 286 g/mol. The molecule has 0 heterocycles. The molecule has 3 nitrogen and oxygen atoms in total. The predicted molar refractivity (Wildman–Crippen MR) is 73.9 cm³/mol. The molecule has 1 aromatic carbocycles. The summed E-state index contributed by atoms with van der Waals surface area (Å²) in [6.07, 6.45) is 0. The van der Waals surface area contributed by atoms with Gasteiger partial charge in [-0.25, -0.2) is 8.78 Å². The second-order valence-electron chi connectivity index (χ2n) is 4.27. The van der Waals surface area contributed by atoms with E-state index in [4.69, 9.17) is 18.0 Å². The summed E-state index contributed by atoms with van der Waals surface area (Å²) in [6.45, 7) is 4.26. The zero-order valence-electron chi connectivity index (χ0n) is 10.8. The molecule has 0 saturated heterocycles. The Balaban J connectivity index is 2.92. The molecular weight excluding hydrogens is 270 g/mol. The summed E-state index contributed by atoms with van der Waals surface area (Å²) in [5.74, 6) is -2.24. The standard InChI is InChI=1S/C13H16F2N2OS/c1-3-17(7-8(2)12(16)19)13(18)10-5-4-9(14)6-11(10)15/h4-6,8H,3,7H2,1-2H3,(H2,16,19). The van der Waals surface area contributed by atoms with Crippen molar-refractivity contribution in [1.29, 1.82) is 0 Å². The van der Waals surface area contributed by atoms with Crippen molar-refractivity contribution in [3.8, 4) is 0 Å². The third kappa shape index (κ3) is 3.96. The lowest BCUT2D eigenvalue weighted by atomic mass is 10.1. The van der Waals surface area contributed by atoms with Crippen molar-refractivity contribution in [3.63, 3.8) is 0 Å². The Morgan fingerprint density at radius 3 is 2.58 bits per heavy atom. The van der Waals surface area contributed by atoms with E-state index in [1.807, 2.05) is 0 Å². The smallest absolute Gasteiger partial charge is 0.256 e. The summed E-state index contributed by atoms with van der Waals surface area (Å²) >= 11 is 4.85. The summed E-state index contributed by atoms with van der Waals surface area (Å²) in [6, 6.07) is 2.89. The van der Waals surface area contributed by atoms with E-state index in [0.717, 1.165) is 12.1 Å². The normalized spacial score (nSPS) is 12.0. The highest BCUT2D eigenvalue weighted by Crippen LogP contribution is 2.13. The molecule has 19 heavy (non-hydrogen) atoms. The number of nitrogens with two attached hydrogens (primary N) is 1. The van der Waals surface area contributed by atoms with Gasteiger partial charge in [-0.15, -0.1) is 0 Å². The second kappa shape index (κ2) is 6.56. The zero-order chi connectivity index (χ0) is 14.6. The van der Waals surface area contributed by atoms with Crippen LogP contribution in [-0.2, 0) is 0 Å². The van der Waals surface area contributed by atoms with Gasteiger partial charge in [0.2, 0.25) is 0 Å². The minimum atomic E-state index is -0.869. The average Bonchev–Trinajstić information content (AvgIpc) is 2.34. The van der Waals surface area contributed by atoms with Gasteiger partial charge in [0.15, 0.2) is 0 Å². The van der Waals surface area contributed by atoms with Crippen molar-refractivity contribution < 1.29 is 13.6 Å². The first-order valence-corrected chi connectivity index (χ1v) is 6.31. The first-order chi connectivity index (χ1) is 8.86. The Labute approximate surface area is 116 Å². The quantitative estimate of drug-likeness (QED) is 0.845. The molecule has 0 aliphatic carbocycles. The molecular formula is C13H16F2N2OS. The van der Waals surface area contributed by atoms with E-state index in [-0.39, 0.29) is 11.5 Å². The second-order valence-corrected chi connectivity index (χ2v) is 4.74. The molecule has 1 rings (SSSR count). The maximum Gasteiger partial charge on any atom is 0.256 e. The lowest BCUT2D eigenvalue weighted by Gasteiger charge is -2.24. The van der Waals surface area contributed by atoms with Crippen LogP contribution in [-0.4, -0.2) is 28.9 Å². The van der Waals surface area contributed by atoms with E-state index >= 15 is 0 Å². The van der Waals surface area contributed by atoms with Crippen molar-refractivity contribution in [2.75, 3.05) is 13.1 Å². The van der Waals surface area contributed by atoms with Crippen LogP contribution in [0, 0.1) is 17.6 Å². The van der Waals surface area contributed by atoms with Crippen molar-refractivity contribution in [3.05, 3.63) is 35.4 Å². The number of carbonyl (C=O) groups excluding carboxylic acids is 1. The lowest BCUT2D eigenvalue weighted by Crippen LogP contribution is -2.38. The largest absolute Gasteiger partial charge is 0.393 e. The van der Waals surface area contributed by atoms with Crippen LogP contribution < -0.4 is 5.73 Å². The highest BCUT2D eigenvalue weighted by molar-refractivity contribution is 7.80. The monoisotopic (exact) mass is 286 g/mol. The van der Waals surface area contributed by atoms with Gasteiger partial charge < -0.3 is 10.6 Å². The maximum absolute atomic E-state index is 13.6. The third-order valence-electron chi connectivity index (χ3n) is 2.81. The zero-order valence-corrected chi connectivity index (χ0v) is 11.6. The van der Waals surface area contributed by atoms with E-state index in [0.29, 0.717) is 24.1 Å². The molecule has 6 heteroatoms. The molecule has 0 bridgehead atoms. The molecule has 1 amide bonds. The van der Waals surface area contributed by atoms with Crippen molar-refractivity contribution in [2.45, 2.75) is 13.8 Å². The van der Waals surface area contributed by atoms with E-state index in [9.17, 15) is 13.6 Å². The molecule has 0 fully saturated rings. The topological polar surface area (TPSA) is 46.3 Å². The molecule has 1 unspecified atom stereocenters. The SMILES string of the molecule is CCN(CC(C)C(N)=S)C(=O)c1ccc(F)cc1F. The first-order valence-electron chi connectivity index (χ1n) is 5.90. The van der Waals surface area contributed by atoms with Crippen LogP contribution in [0.2, 0.25) is 0 Å². The van der Waals surface area contributed by atoms with Gasteiger partial charge in [0.25, 0.3) is 5.91 Å². The Kier molecular flexibility index (Phi) is 5.35. The van der Waals surface area contributed by atoms with Crippen molar-refractivity contribution >= 4 is 23.1 Å². The van der Waals surface area contributed by atoms with Gasteiger partial charge in [0.05, 0.1) is 10.6 Å². The summed E-state index contributed by atoms with van der Waals surface area (Å²) in [4.78, 5) is 13.9. The summed E-state index contributed by atoms with van der Waals surface area (Å²) < 4.78 is 26.4. The van der Waals surface area contributed by atoms with Gasteiger partial charge >= 0.3 is 0 Å². The molecule has 0 aliphatic rings. The predicted octanol–water partition coefficient (Wildman–Crippen LogP) is 2.35. The lowest BCUT2D eigenvalue weighted by molar-refractivity contribution is 0.0750. The molecule has 0 radical (unpaired) electrons. The molecule has 0 spiro atoms. The van der Waals surface area contributed by atoms with E-state index in [2.05, 4.69) is 0 Å². The molecule has 0 aliphatic heterocycles. The van der Waals surface area contributed by atoms with E-state index in [1.165, 1.54) is 4.90 Å². The first kappa shape index (κ1) is 15.5. The number of carbonyl (C=O) groups is 1. The van der Waals surface area contributed by atoms with Gasteiger partial charge in [0.1, 0.15) is 11.6 Å². The number of benzene rings is 1. The molecule has 104 valence electrons. The Bertz CT molecular complexity index is 494. The fraction of sp³-hybridized carbons (Fsp3) is 0.385. The van der Waals surface area contributed by atoms with E-state index in [1.54, 1.807) is 13.8 Å². The highest BCUT2D eigenvalue weighted by atomic mass is 32.1. The number of amides is 1. The summed E-state index contributed by atoms with van der Waals surface area (Å²) in [5, 5.41) is 0. The van der Waals surface area contributed by atoms with Gasteiger partial charge in [-0.05, 0) is 19.1 Å². The molecule has 0 aromatic heterocycles. The Hall–Kier alpha value is -1.56. The number of hydrogen-bond donors (Lipinski definition) is 1. The van der Waals surface area contributed by atoms with Crippen LogP contribution >= 0.6 is 12.2 Å². The fourth-order valence-electron chi connectivity index (χ4n) is 1.61. The number of nitrogens with zero attached hydrogens (tertiary/aromatic N) is 1. The van der Waals surface area contributed by atoms with Gasteiger partial charge in [-0.1, -0.05) is 19.1 Å². The van der Waals surface area contributed by atoms with Crippen LogP contribution in [0.25, 0.3) is 0 Å². The van der Waals surface area contributed by atoms with Crippen molar-refractivity contribution in [1.82, 2.24) is 4.90 Å². The molecule has 1 aromatic rings. The van der Waals surface area contributed by atoms with Crippen LogP contribution in [0.4, 0.5) is 8.78 Å². The number of hydrogen-bond acceptors (Lipinski definition) is 2. The summed E-state index contributed by atoms with van der Waals surface area (Å²) in [5.41, 5.74) is 5.34. The van der Waals surface area contributed by atoms with Gasteiger partial charge in [-0.3, -0.25) is 4.79 Å². The van der Waals surface area contributed by atoms with Crippen LogP contribution in [0.5, 0.6) is 0 Å². The number of thiocarbonyl (C=S) groups is 1. The maximum atomic E-state index is 13.6. The van der Waals surface area contributed by atoms with Crippen LogP contribution in [0.1, 0.15) is 24.2 Å². The van der Waals surface area contributed by atoms with E-state index < -0.39 is 17.5 Å². The molecule has 2 N–H and O–H groups in total. The number of rotatable bonds is 5. The third-order valence-corrected chi connectivity index (χ3v) is 3.21. The van der Waals surface area contributed by atoms with Crippen molar-refractivity contribution in [2.24, 2.45) is 11.7 Å². The Morgan fingerprint density at radius 2 is 2.11 bits per heavy atom. The molecule has 1 atom stereocenters. The Morgan fingerprint density at radius 1 is 1.47 bits per heavy atom. The van der Waals surface area contributed by atoms with Gasteiger partial charge in [0, 0.05) is 25.1 Å². The fourth-order valence-corrected chi connectivity index (χ4v) is 1.68. The number of halogens is 2. The van der Waals surface area contributed by atoms with Crippen LogP contribution in [0.15, 0.2) is 18.2 Å². The highest BCUT2D eigenvalue weighted by Gasteiger charge is 2.21. The molecule has 0 saturated carbocycles. The van der Waals surface area contributed by atoms with Gasteiger partial charge in [-0.2, -0.15) is 0 Å². The summed E-state index contributed by atoms with van der Waals surface area (Å²) in [7, 11) is 0. The minimum Gasteiger partial charge on any atom is -0.393 e.